The summed E-state index contributed by atoms with van der Waals surface area (Å²) in [5, 5.41) is 13.2. The summed E-state index contributed by atoms with van der Waals surface area (Å²) >= 11 is 0. The molecule has 1 aromatic rings. The molecule has 2 aliphatic rings. The van der Waals surface area contributed by atoms with Crippen LogP contribution in [-0.2, 0) is 0 Å². The monoisotopic (exact) mass is 276 g/mol. The molecule has 0 amide bonds. The maximum atomic E-state index is 9.49. The number of phenols is 1. The maximum absolute atomic E-state index is 9.49. The number of hydrogen-bond acceptors (Lipinski definition) is 4. The molecule has 1 aliphatic carbocycles. The first-order valence-corrected chi connectivity index (χ1v) is 7.47. The Morgan fingerprint density at radius 2 is 2.10 bits per heavy atom. The van der Waals surface area contributed by atoms with Gasteiger partial charge < -0.3 is 20.1 Å². The number of nitrogens with one attached hydrogen (secondary N) is 1. The Kier molecular flexibility index (Phi) is 3.61. The summed E-state index contributed by atoms with van der Waals surface area (Å²) in [6, 6.07) is 5.64. The number of nitrogens with zero attached hydrogens (tertiary/aromatic N) is 1. The van der Waals surface area contributed by atoms with E-state index in [1.807, 2.05) is 6.07 Å². The normalized spacial score (nSPS) is 23.9. The first-order chi connectivity index (χ1) is 9.61. The third-order valence-electron chi connectivity index (χ3n) is 4.94. The molecule has 4 heteroatoms. The van der Waals surface area contributed by atoms with E-state index in [4.69, 9.17) is 4.74 Å². The van der Waals surface area contributed by atoms with E-state index < -0.39 is 0 Å². The van der Waals surface area contributed by atoms with Crippen LogP contribution < -0.4 is 10.1 Å². The molecular formula is C16H24N2O2. The number of ether oxygens (including phenoxy) is 1. The van der Waals surface area contributed by atoms with E-state index >= 15 is 0 Å². The molecule has 1 fully saturated rings. The summed E-state index contributed by atoms with van der Waals surface area (Å²) in [5.74, 6) is 1.08. The zero-order valence-corrected chi connectivity index (χ0v) is 12.4. The van der Waals surface area contributed by atoms with Gasteiger partial charge in [0.1, 0.15) is 18.1 Å². The van der Waals surface area contributed by atoms with Crippen LogP contribution >= 0.6 is 0 Å². The van der Waals surface area contributed by atoms with Crippen LogP contribution in [0.2, 0.25) is 0 Å². The van der Waals surface area contributed by atoms with Crippen molar-refractivity contribution < 1.29 is 9.84 Å². The van der Waals surface area contributed by atoms with Crippen molar-refractivity contribution in [2.75, 3.05) is 27.2 Å². The molecule has 0 radical (unpaired) electrons. The summed E-state index contributed by atoms with van der Waals surface area (Å²) in [6.45, 7) is 1.65. The zero-order valence-electron chi connectivity index (χ0n) is 12.4. The molecule has 1 heterocycles. The van der Waals surface area contributed by atoms with E-state index in [-0.39, 0.29) is 11.8 Å². The highest BCUT2D eigenvalue weighted by atomic mass is 16.5. The highest BCUT2D eigenvalue weighted by Crippen LogP contribution is 2.37. The SMILES string of the molecule is CN(C)C1(CNC2COc3cc(O)ccc32)CCCC1. The minimum atomic E-state index is 0.239. The van der Waals surface area contributed by atoms with Crippen molar-refractivity contribution in [2.45, 2.75) is 37.3 Å². The van der Waals surface area contributed by atoms with Crippen molar-refractivity contribution >= 4 is 0 Å². The summed E-state index contributed by atoms with van der Waals surface area (Å²) in [4.78, 5) is 2.38. The predicted molar refractivity (Wildman–Crippen MR) is 79.2 cm³/mol. The van der Waals surface area contributed by atoms with Gasteiger partial charge in [0.2, 0.25) is 0 Å². The second-order valence-electron chi connectivity index (χ2n) is 6.29. The predicted octanol–water partition coefficient (Wildman–Crippen LogP) is 2.29. The van der Waals surface area contributed by atoms with Crippen LogP contribution in [-0.4, -0.2) is 42.8 Å². The smallest absolute Gasteiger partial charge is 0.127 e. The van der Waals surface area contributed by atoms with Gasteiger partial charge in [-0.15, -0.1) is 0 Å². The molecular weight excluding hydrogens is 252 g/mol. The molecule has 110 valence electrons. The molecule has 1 saturated carbocycles. The Bertz CT molecular complexity index is 481. The molecule has 4 nitrogen and oxygen atoms in total. The fourth-order valence-corrected chi connectivity index (χ4v) is 3.50. The highest BCUT2D eigenvalue weighted by molar-refractivity contribution is 5.44. The largest absolute Gasteiger partial charge is 0.508 e. The van der Waals surface area contributed by atoms with Crippen molar-refractivity contribution in [1.29, 1.82) is 0 Å². The van der Waals surface area contributed by atoms with Gasteiger partial charge in [0, 0.05) is 23.7 Å². The number of phenolic OH excluding ortho intramolecular Hbond substituents is 1. The third-order valence-corrected chi connectivity index (χ3v) is 4.94. The molecule has 1 unspecified atom stereocenters. The molecule has 0 bridgehead atoms. The Morgan fingerprint density at radius 3 is 2.80 bits per heavy atom. The lowest BCUT2D eigenvalue weighted by atomic mass is 9.95. The Labute approximate surface area is 120 Å². The van der Waals surface area contributed by atoms with E-state index in [9.17, 15) is 5.11 Å². The molecule has 1 atom stereocenters. The molecule has 1 aromatic carbocycles. The van der Waals surface area contributed by atoms with Crippen molar-refractivity contribution in [3.63, 3.8) is 0 Å². The minimum Gasteiger partial charge on any atom is -0.508 e. The van der Waals surface area contributed by atoms with Crippen LogP contribution in [0.3, 0.4) is 0 Å². The number of fused-ring (bicyclic) bond motifs is 1. The first-order valence-electron chi connectivity index (χ1n) is 7.47. The fraction of sp³-hybridized carbons (Fsp3) is 0.625. The van der Waals surface area contributed by atoms with Crippen LogP contribution in [0, 0.1) is 0 Å². The molecule has 20 heavy (non-hydrogen) atoms. The van der Waals surface area contributed by atoms with Gasteiger partial charge in [-0.3, -0.25) is 0 Å². The third kappa shape index (κ3) is 2.38. The van der Waals surface area contributed by atoms with Crippen LogP contribution in [0.25, 0.3) is 0 Å². The second-order valence-corrected chi connectivity index (χ2v) is 6.29. The highest BCUT2D eigenvalue weighted by Gasteiger charge is 2.37. The second kappa shape index (κ2) is 5.26. The van der Waals surface area contributed by atoms with Crippen LogP contribution in [0.1, 0.15) is 37.3 Å². The van der Waals surface area contributed by atoms with Crippen molar-refractivity contribution in [3.8, 4) is 11.5 Å². The molecule has 0 aromatic heterocycles. The summed E-state index contributed by atoms with van der Waals surface area (Å²) in [5.41, 5.74) is 1.45. The summed E-state index contributed by atoms with van der Waals surface area (Å²) in [7, 11) is 4.37. The van der Waals surface area contributed by atoms with Gasteiger partial charge in [-0.25, -0.2) is 0 Å². The number of benzene rings is 1. The number of rotatable bonds is 4. The lowest BCUT2D eigenvalue weighted by Gasteiger charge is -2.37. The van der Waals surface area contributed by atoms with Crippen LogP contribution in [0.4, 0.5) is 0 Å². The summed E-state index contributed by atoms with van der Waals surface area (Å²) in [6.07, 6.45) is 5.18. The summed E-state index contributed by atoms with van der Waals surface area (Å²) < 4.78 is 5.66. The Hall–Kier alpha value is -1.26. The van der Waals surface area contributed by atoms with E-state index in [0.717, 1.165) is 17.9 Å². The molecule has 1 aliphatic heterocycles. The Morgan fingerprint density at radius 1 is 1.35 bits per heavy atom. The van der Waals surface area contributed by atoms with Gasteiger partial charge in [-0.2, -0.15) is 0 Å². The van der Waals surface area contributed by atoms with E-state index in [1.165, 1.54) is 25.7 Å². The molecule has 2 N–H and O–H groups in total. The van der Waals surface area contributed by atoms with Gasteiger partial charge in [-0.05, 0) is 39.1 Å². The van der Waals surface area contributed by atoms with Gasteiger partial charge in [0.15, 0.2) is 0 Å². The van der Waals surface area contributed by atoms with Gasteiger partial charge in [0.25, 0.3) is 0 Å². The van der Waals surface area contributed by atoms with E-state index in [0.29, 0.717) is 12.1 Å². The fourth-order valence-electron chi connectivity index (χ4n) is 3.50. The average molecular weight is 276 g/mol. The standard InChI is InChI=1S/C16H24N2O2/c1-18(2)16(7-3-4-8-16)11-17-14-10-20-15-9-12(19)5-6-13(14)15/h5-6,9,14,17,19H,3-4,7-8,10-11H2,1-2H3. The van der Waals surface area contributed by atoms with Crippen LogP contribution in [0.15, 0.2) is 18.2 Å². The van der Waals surface area contributed by atoms with Crippen molar-refractivity contribution in [1.82, 2.24) is 10.2 Å². The Balaban J connectivity index is 1.68. The quantitative estimate of drug-likeness (QED) is 0.885. The average Bonchev–Trinajstić information content (AvgIpc) is 3.03. The van der Waals surface area contributed by atoms with Gasteiger partial charge in [-0.1, -0.05) is 12.8 Å². The van der Waals surface area contributed by atoms with Crippen molar-refractivity contribution in [3.05, 3.63) is 23.8 Å². The van der Waals surface area contributed by atoms with E-state index in [2.05, 4.69) is 24.3 Å². The van der Waals surface area contributed by atoms with Crippen LogP contribution in [0.5, 0.6) is 11.5 Å². The lowest BCUT2D eigenvalue weighted by molar-refractivity contribution is 0.146. The first kappa shape index (κ1) is 13.7. The molecule has 0 spiro atoms. The van der Waals surface area contributed by atoms with Crippen molar-refractivity contribution in [2.24, 2.45) is 0 Å². The van der Waals surface area contributed by atoms with Gasteiger partial charge in [0.05, 0.1) is 6.04 Å². The zero-order chi connectivity index (χ0) is 14.2. The van der Waals surface area contributed by atoms with E-state index in [1.54, 1.807) is 12.1 Å². The number of aromatic hydroxyl groups is 1. The maximum Gasteiger partial charge on any atom is 0.127 e. The van der Waals surface area contributed by atoms with Gasteiger partial charge >= 0.3 is 0 Å². The molecule has 3 rings (SSSR count). The topological polar surface area (TPSA) is 44.7 Å². The number of hydrogen-bond donors (Lipinski definition) is 2. The molecule has 0 saturated heterocycles. The minimum absolute atomic E-state index is 0.239. The number of likely N-dealkylation sites (N-methyl/N-ethyl adjacent to an activating group) is 1. The lowest BCUT2D eigenvalue weighted by Crippen LogP contribution is -2.50.